The number of aromatic nitrogens is 1. The van der Waals surface area contributed by atoms with Gasteiger partial charge in [0.15, 0.2) is 0 Å². The summed E-state index contributed by atoms with van der Waals surface area (Å²) in [6, 6.07) is 18.1. The van der Waals surface area contributed by atoms with Gasteiger partial charge in [-0.25, -0.2) is 9.37 Å². The number of aryl methyl sites for hydroxylation is 1. The number of carbonyl (C=O) groups excluding carboxylic acids is 1. The number of thiophene rings is 1. The van der Waals surface area contributed by atoms with Crippen LogP contribution in [0.3, 0.4) is 0 Å². The molecule has 7 heteroatoms. The zero-order chi connectivity index (χ0) is 22.9. The van der Waals surface area contributed by atoms with Gasteiger partial charge in [-0.05, 0) is 67.1 Å². The average molecular weight is 480 g/mol. The largest absolute Gasteiger partial charge is 0.368 e. The summed E-state index contributed by atoms with van der Waals surface area (Å²) in [5, 5.41) is 1.35. The van der Waals surface area contributed by atoms with Crippen LogP contribution in [0.4, 0.5) is 10.1 Å². The summed E-state index contributed by atoms with van der Waals surface area (Å²) in [5.41, 5.74) is 3.16. The summed E-state index contributed by atoms with van der Waals surface area (Å²) in [6.45, 7) is 4.70. The highest BCUT2D eigenvalue weighted by Crippen LogP contribution is 2.32. The summed E-state index contributed by atoms with van der Waals surface area (Å²) < 4.78 is 13.3. The van der Waals surface area contributed by atoms with Gasteiger partial charge in [0.2, 0.25) is 0 Å². The molecule has 0 atom stereocenters. The molecule has 1 aliphatic rings. The molecule has 0 bridgehead atoms. The van der Waals surface area contributed by atoms with Gasteiger partial charge in [0.25, 0.3) is 5.91 Å². The molecule has 33 heavy (non-hydrogen) atoms. The third-order valence-electron chi connectivity index (χ3n) is 6.02. The number of carbonyl (C=O) groups is 1. The first-order valence-corrected chi connectivity index (χ1v) is 12.2. The fourth-order valence-corrected chi connectivity index (χ4v) is 5.28. The zero-order valence-corrected chi connectivity index (χ0v) is 19.8. The molecule has 4 nitrogen and oxygen atoms in total. The number of amides is 1. The third-order valence-corrected chi connectivity index (χ3v) is 7.51. The van der Waals surface area contributed by atoms with Gasteiger partial charge in [-0.15, -0.1) is 11.3 Å². The molecular weight excluding hydrogens is 457 g/mol. The molecular formula is C26H23ClFN3OS. The molecule has 1 fully saturated rings. The van der Waals surface area contributed by atoms with E-state index < -0.39 is 0 Å². The van der Waals surface area contributed by atoms with Crippen LogP contribution in [0.15, 0.2) is 60.7 Å². The number of anilines is 1. The van der Waals surface area contributed by atoms with Crippen molar-refractivity contribution in [2.75, 3.05) is 31.1 Å². The molecule has 2 aromatic carbocycles. The Labute approximate surface area is 201 Å². The van der Waals surface area contributed by atoms with Crippen molar-refractivity contribution in [2.45, 2.75) is 13.3 Å². The molecule has 0 unspecified atom stereocenters. The SMILES string of the molecule is CCc1ccc(-c2cc(C(=O)N3CCN(c4ccc(F)cc4)CC3)c3cc(Cl)ccc3n2)s1. The predicted octanol–water partition coefficient (Wildman–Crippen LogP) is 6.28. The number of hydrogen-bond donors (Lipinski definition) is 0. The van der Waals surface area contributed by atoms with Gasteiger partial charge in [0, 0.05) is 47.2 Å². The van der Waals surface area contributed by atoms with Crippen molar-refractivity contribution in [3.05, 3.63) is 81.9 Å². The van der Waals surface area contributed by atoms with E-state index >= 15 is 0 Å². The number of nitrogens with zero attached hydrogens (tertiary/aromatic N) is 3. The van der Waals surface area contributed by atoms with E-state index in [1.807, 2.05) is 29.2 Å². The molecule has 0 N–H and O–H groups in total. The molecule has 2 aromatic heterocycles. The maximum atomic E-state index is 13.6. The second-order valence-electron chi connectivity index (χ2n) is 8.09. The minimum absolute atomic E-state index is 0.0167. The van der Waals surface area contributed by atoms with E-state index in [4.69, 9.17) is 16.6 Å². The minimum atomic E-state index is -0.247. The van der Waals surface area contributed by atoms with E-state index in [0.29, 0.717) is 36.8 Å². The van der Waals surface area contributed by atoms with Crippen molar-refractivity contribution < 1.29 is 9.18 Å². The summed E-state index contributed by atoms with van der Waals surface area (Å²) in [4.78, 5) is 24.9. The van der Waals surface area contributed by atoms with Crippen LogP contribution in [0.25, 0.3) is 21.5 Å². The van der Waals surface area contributed by atoms with Crippen molar-refractivity contribution in [3.8, 4) is 10.6 Å². The Bertz CT molecular complexity index is 1310. The zero-order valence-electron chi connectivity index (χ0n) is 18.2. The van der Waals surface area contributed by atoms with Crippen LogP contribution in [0.5, 0.6) is 0 Å². The number of piperazine rings is 1. The summed E-state index contributed by atoms with van der Waals surface area (Å²) in [5.74, 6) is -0.264. The molecule has 168 valence electrons. The van der Waals surface area contributed by atoms with Gasteiger partial charge in [-0.1, -0.05) is 18.5 Å². The lowest BCUT2D eigenvalue weighted by Gasteiger charge is -2.36. The number of rotatable bonds is 4. The maximum absolute atomic E-state index is 13.6. The van der Waals surface area contributed by atoms with Crippen LogP contribution in [-0.2, 0) is 6.42 Å². The second-order valence-corrected chi connectivity index (χ2v) is 9.70. The summed E-state index contributed by atoms with van der Waals surface area (Å²) >= 11 is 7.98. The quantitative estimate of drug-likeness (QED) is 0.345. The number of pyridine rings is 1. The maximum Gasteiger partial charge on any atom is 0.254 e. The fraction of sp³-hybridized carbons (Fsp3) is 0.231. The molecule has 0 spiro atoms. The van der Waals surface area contributed by atoms with Crippen molar-refractivity contribution in [1.82, 2.24) is 9.88 Å². The molecule has 0 aliphatic carbocycles. The molecule has 0 radical (unpaired) electrons. The molecule has 4 aromatic rings. The monoisotopic (exact) mass is 479 g/mol. The van der Waals surface area contributed by atoms with Crippen LogP contribution in [0.2, 0.25) is 5.02 Å². The van der Waals surface area contributed by atoms with Crippen LogP contribution in [0.1, 0.15) is 22.2 Å². The van der Waals surface area contributed by atoms with Gasteiger partial charge in [-0.2, -0.15) is 0 Å². The van der Waals surface area contributed by atoms with E-state index in [2.05, 4.69) is 24.0 Å². The van der Waals surface area contributed by atoms with Crippen LogP contribution < -0.4 is 4.90 Å². The van der Waals surface area contributed by atoms with Crippen molar-refractivity contribution in [3.63, 3.8) is 0 Å². The van der Waals surface area contributed by atoms with Gasteiger partial charge < -0.3 is 9.80 Å². The van der Waals surface area contributed by atoms with E-state index in [1.165, 1.54) is 17.0 Å². The standard InChI is InChI=1S/C26H23ClFN3OS/c1-2-20-8-10-25(33-20)24-16-22(21-15-17(27)3-9-23(21)29-24)26(32)31-13-11-30(12-14-31)19-6-4-18(28)5-7-19/h3-10,15-16H,2,11-14H2,1H3. The molecule has 3 heterocycles. The normalized spacial score (nSPS) is 14.2. The minimum Gasteiger partial charge on any atom is -0.368 e. The fourth-order valence-electron chi connectivity index (χ4n) is 4.20. The number of fused-ring (bicyclic) bond motifs is 1. The first-order valence-electron chi connectivity index (χ1n) is 11.0. The highest BCUT2D eigenvalue weighted by Gasteiger charge is 2.25. The Kier molecular flexibility index (Phi) is 6.04. The highest BCUT2D eigenvalue weighted by atomic mass is 35.5. The van der Waals surface area contributed by atoms with Gasteiger partial charge in [0.05, 0.1) is 21.7 Å². The van der Waals surface area contributed by atoms with E-state index in [1.54, 1.807) is 23.5 Å². The Hall–Kier alpha value is -2.96. The Balaban J connectivity index is 1.45. The number of hydrogen-bond acceptors (Lipinski definition) is 4. The van der Waals surface area contributed by atoms with Gasteiger partial charge in [-0.3, -0.25) is 4.79 Å². The summed E-state index contributed by atoms with van der Waals surface area (Å²) in [6.07, 6.45) is 0.970. The lowest BCUT2D eigenvalue weighted by molar-refractivity contribution is 0.0748. The summed E-state index contributed by atoms with van der Waals surface area (Å²) in [7, 11) is 0. The highest BCUT2D eigenvalue weighted by molar-refractivity contribution is 7.15. The first-order chi connectivity index (χ1) is 16.0. The Morgan fingerprint density at radius 1 is 1.03 bits per heavy atom. The number of halogens is 2. The third kappa shape index (κ3) is 4.45. The van der Waals surface area contributed by atoms with Crippen LogP contribution in [0, 0.1) is 5.82 Å². The molecule has 1 aliphatic heterocycles. The van der Waals surface area contributed by atoms with Crippen molar-refractivity contribution in [2.24, 2.45) is 0 Å². The van der Waals surface area contributed by atoms with Crippen molar-refractivity contribution in [1.29, 1.82) is 0 Å². The lowest BCUT2D eigenvalue weighted by atomic mass is 10.0. The van der Waals surface area contributed by atoms with E-state index in [-0.39, 0.29) is 11.7 Å². The molecule has 1 saturated heterocycles. The van der Waals surface area contributed by atoms with Crippen LogP contribution in [-0.4, -0.2) is 42.0 Å². The molecule has 0 saturated carbocycles. The van der Waals surface area contributed by atoms with E-state index in [0.717, 1.165) is 33.6 Å². The first kappa shape index (κ1) is 21.9. The predicted molar refractivity (Wildman–Crippen MR) is 134 cm³/mol. The van der Waals surface area contributed by atoms with Crippen LogP contribution >= 0.6 is 22.9 Å². The molecule has 1 amide bonds. The second kappa shape index (κ2) is 9.12. The molecule has 5 rings (SSSR count). The number of benzene rings is 2. The lowest BCUT2D eigenvalue weighted by Crippen LogP contribution is -2.48. The average Bonchev–Trinajstić information content (AvgIpc) is 3.33. The Morgan fingerprint density at radius 3 is 2.48 bits per heavy atom. The van der Waals surface area contributed by atoms with E-state index in [9.17, 15) is 9.18 Å². The topological polar surface area (TPSA) is 36.4 Å². The smallest absolute Gasteiger partial charge is 0.254 e. The Morgan fingerprint density at radius 2 is 1.79 bits per heavy atom. The van der Waals surface area contributed by atoms with Gasteiger partial charge in [0.1, 0.15) is 5.82 Å². The van der Waals surface area contributed by atoms with Crippen molar-refractivity contribution >= 4 is 45.4 Å². The van der Waals surface area contributed by atoms with Gasteiger partial charge >= 0.3 is 0 Å².